The van der Waals surface area contributed by atoms with Crippen molar-refractivity contribution in [3.05, 3.63) is 30.5 Å². The van der Waals surface area contributed by atoms with Crippen LogP contribution < -0.4 is 11.1 Å². The Morgan fingerprint density at radius 3 is 2.67 bits per heavy atom. The molecule has 47 valence electrons. The Hall–Kier alpha value is -1.25. The van der Waals surface area contributed by atoms with Crippen LogP contribution in [-0.2, 0) is 4.79 Å². The summed E-state index contributed by atoms with van der Waals surface area (Å²) in [5.74, 6) is -0.435. The average Bonchev–Trinajstić information content (AvgIpc) is 1.90. The van der Waals surface area contributed by atoms with E-state index in [1.807, 2.05) is 0 Å². The lowest BCUT2D eigenvalue weighted by Gasteiger charge is -2.08. The third-order valence-corrected chi connectivity index (χ3v) is 0.975. The first-order valence-corrected chi connectivity index (χ1v) is 2.57. The first kappa shape index (κ1) is 5.88. The normalized spacial score (nSPS) is 17.3. The second kappa shape index (κ2) is 2.35. The van der Waals surface area contributed by atoms with Crippen molar-refractivity contribution in [2.24, 2.45) is 5.73 Å². The highest BCUT2D eigenvalue weighted by Crippen LogP contribution is 1.99. The van der Waals surface area contributed by atoms with Crippen molar-refractivity contribution in [3.8, 4) is 0 Å². The number of amides is 1. The Kier molecular flexibility index (Phi) is 1.53. The SMILES string of the molecule is NC(=O)[C]1C=CC=CN1. The van der Waals surface area contributed by atoms with Gasteiger partial charge in [-0.25, -0.2) is 0 Å². The van der Waals surface area contributed by atoms with Gasteiger partial charge in [-0.15, -0.1) is 0 Å². The van der Waals surface area contributed by atoms with Crippen LogP contribution in [0.4, 0.5) is 0 Å². The molecule has 1 rings (SSSR count). The van der Waals surface area contributed by atoms with Gasteiger partial charge in [-0.1, -0.05) is 6.08 Å². The molecule has 1 radical (unpaired) electrons. The standard InChI is InChI=1S/C6H7N2O/c7-6(9)5-3-1-2-4-8-5/h1-4,8H,(H2,7,9). The maximum absolute atomic E-state index is 10.4. The Balaban J connectivity index is 2.56. The zero-order chi connectivity index (χ0) is 6.69. The van der Waals surface area contributed by atoms with Gasteiger partial charge in [-0.2, -0.15) is 0 Å². The lowest BCUT2D eigenvalue weighted by Crippen LogP contribution is -2.29. The number of dihydropyridines is 1. The first-order valence-electron chi connectivity index (χ1n) is 2.57. The van der Waals surface area contributed by atoms with E-state index in [9.17, 15) is 4.79 Å². The molecule has 0 bridgehead atoms. The number of nitrogens with one attached hydrogen (secondary N) is 1. The van der Waals surface area contributed by atoms with Crippen LogP contribution >= 0.6 is 0 Å². The summed E-state index contributed by atoms with van der Waals surface area (Å²) in [5.41, 5.74) is 4.94. The summed E-state index contributed by atoms with van der Waals surface area (Å²) in [6.45, 7) is 0. The Labute approximate surface area is 53.2 Å². The molecule has 0 unspecified atom stereocenters. The third-order valence-electron chi connectivity index (χ3n) is 0.975. The molecule has 0 atom stereocenters. The van der Waals surface area contributed by atoms with E-state index < -0.39 is 5.91 Å². The molecule has 9 heavy (non-hydrogen) atoms. The summed E-state index contributed by atoms with van der Waals surface area (Å²) < 4.78 is 0. The van der Waals surface area contributed by atoms with Crippen LogP contribution in [0.1, 0.15) is 0 Å². The van der Waals surface area contributed by atoms with Gasteiger partial charge in [0.25, 0.3) is 5.91 Å². The predicted molar refractivity (Wildman–Crippen MR) is 33.9 cm³/mol. The molecule has 0 aromatic carbocycles. The molecule has 1 aliphatic rings. The van der Waals surface area contributed by atoms with Gasteiger partial charge in [0, 0.05) is 0 Å². The summed E-state index contributed by atoms with van der Waals surface area (Å²) in [6, 6.07) is 0.428. The van der Waals surface area contributed by atoms with Crippen LogP contribution in [0.15, 0.2) is 24.4 Å². The fourth-order valence-electron chi connectivity index (χ4n) is 0.547. The molecule has 3 nitrogen and oxygen atoms in total. The molecular weight excluding hydrogens is 116 g/mol. The molecule has 1 heterocycles. The molecule has 0 fully saturated rings. The van der Waals surface area contributed by atoms with Crippen molar-refractivity contribution in [1.82, 2.24) is 5.32 Å². The molecule has 1 aliphatic heterocycles. The fraction of sp³-hybridized carbons (Fsp3) is 0. The highest BCUT2D eigenvalue weighted by molar-refractivity contribution is 5.90. The summed E-state index contributed by atoms with van der Waals surface area (Å²) in [5, 5.41) is 2.69. The summed E-state index contributed by atoms with van der Waals surface area (Å²) in [4.78, 5) is 10.4. The van der Waals surface area contributed by atoms with Crippen molar-refractivity contribution in [1.29, 1.82) is 0 Å². The van der Waals surface area contributed by atoms with Gasteiger partial charge in [0.2, 0.25) is 0 Å². The monoisotopic (exact) mass is 123 g/mol. The predicted octanol–water partition coefficient (Wildman–Crippen LogP) is -0.323. The third kappa shape index (κ3) is 1.32. The fourth-order valence-corrected chi connectivity index (χ4v) is 0.547. The van der Waals surface area contributed by atoms with E-state index in [0.717, 1.165) is 0 Å². The summed E-state index contributed by atoms with van der Waals surface area (Å²) >= 11 is 0. The first-order chi connectivity index (χ1) is 4.30. The number of rotatable bonds is 1. The number of hydrogen-bond donors (Lipinski definition) is 2. The minimum atomic E-state index is -0.435. The van der Waals surface area contributed by atoms with Crippen LogP contribution in [0.2, 0.25) is 0 Å². The zero-order valence-corrected chi connectivity index (χ0v) is 4.79. The quantitative estimate of drug-likeness (QED) is 0.502. The average molecular weight is 123 g/mol. The number of hydrogen-bond acceptors (Lipinski definition) is 2. The molecule has 3 N–H and O–H groups in total. The van der Waals surface area contributed by atoms with Crippen LogP contribution in [-0.4, -0.2) is 5.91 Å². The van der Waals surface area contributed by atoms with Crippen molar-refractivity contribution in [2.75, 3.05) is 0 Å². The molecule has 0 aromatic rings. The lowest BCUT2D eigenvalue weighted by molar-refractivity contribution is -0.116. The maximum Gasteiger partial charge on any atom is 0.250 e. The van der Waals surface area contributed by atoms with E-state index in [1.54, 1.807) is 24.4 Å². The number of carbonyl (C=O) groups is 1. The van der Waals surface area contributed by atoms with E-state index in [-0.39, 0.29) is 0 Å². The van der Waals surface area contributed by atoms with Crippen molar-refractivity contribution in [3.63, 3.8) is 0 Å². The van der Waals surface area contributed by atoms with Crippen LogP contribution in [0, 0.1) is 6.04 Å². The highest BCUT2D eigenvalue weighted by atomic mass is 16.1. The van der Waals surface area contributed by atoms with Gasteiger partial charge in [-0.05, 0) is 18.4 Å². The zero-order valence-electron chi connectivity index (χ0n) is 4.79. The Morgan fingerprint density at radius 1 is 1.56 bits per heavy atom. The topological polar surface area (TPSA) is 55.1 Å². The summed E-state index contributed by atoms with van der Waals surface area (Å²) in [7, 11) is 0. The highest BCUT2D eigenvalue weighted by Gasteiger charge is 2.10. The summed E-state index contributed by atoms with van der Waals surface area (Å²) in [6.07, 6.45) is 6.81. The van der Waals surface area contributed by atoms with Gasteiger partial charge in [-0.3, -0.25) is 4.79 Å². The van der Waals surface area contributed by atoms with Gasteiger partial charge >= 0.3 is 0 Å². The number of primary amides is 1. The van der Waals surface area contributed by atoms with E-state index >= 15 is 0 Å². The van der Waals surface area contributed by atoms with Crippen molar-refractivity contribution >= 4 is 5.91 Å². The molecule has 0 spiro atoms. The molecule has 0 aromatic heterocycles. The largest absolute Gasteiger partial charge is 0.371 e. The van der Waals surface area contributed by atoms with Crippen LogP contribution in [0.5, 0.6) is 0 Å². The van der Waals surface area contributed by atoms with E-state index in [1.165, 1.54) is 0 Å². The van der Waals surface area contributed by atoms with E-state index in [4.69, 9.17) is 5.73 Å². The molecule has 1 amide bonds. The van der Waals surface area contributed by atoms with E-state index in [0.29, 0.717) is 6.04 Å². The number of allylic oxidation sites excluding steroid dienone is 2. The van der Waals surface area contributed by atoms with Gasteiger partial charge in [0.1, 0.15) is 0 Å². The van der Waals surface area contributed by atoms with Gasteiger partial charge in [0.05, 0.1) is 0 Å². The maximum atomic E-state index is 10.4. The molecule has 0 aliphatic carbocycles. The van der Waals surface area contributed by atoms with Crippen LogP contribution in [0.3, 0.4) is 0 Å². The van der Waals surface area contributed by atoms with Gasteiger partial charge in [0.15, 0.2) is 6.04 Å². The number of carbonyl (C=O) groups excluding carboxylic acids is 1. The Morgan fingerprint density at radius 2 is 2.33 bits per heavy atom. The second-order valence-electron chi connectivity index (χ2n) is 1.64. The van der Waals surface area contributed by atoms with Gasteiger partial charge < -0.3 is 11.1 Å². The van der Waals surface area contributed by atoms with Crippen molar-refractivity contribution < 1.29 is 4.79 Å². The van der Waals surface area contributed by atoms with E-state index in [2.05, 4.69) is 5.32 Å². The minimum Gasteiger partial charge on any atom is -0.371 e. The molecule has 3 heteroatoms. The van der Waals surface area contributed by atoms with Crippen LogP contribution in [0.25, 0.3) is 0 Å². The lowest BCUT2D eigenvalue weighted by atomic mass is 10.2. The minimum absolute atomic E-state index is 0.428. The van der Waals surface area contributed by atoms with Crippen molar-refractivity contribution in [2.45, 2.75) is 0 Å². The smallest absolute Gasteiger partial charge is 0.250 e. The second-order valence-corrected chi connectivity index (χ2v) is 1.64. The molecule has 0 saturated carbocycles. The molecule has 0 saturated heterocycles. The Bertz CT molecular complexity index is 172. The number of nitrogens with two attached hydrogens (primary N) is 1. The molecular formula is C6H7N2O.